The Morgan fingerprint density at radius 1 is 0.762 bits per heavy atom. The van der Waals surface area contributed by atoms with E-state index in [1.165, 1.54) is 0 Å². The molecule has 0 aromatic carbocycles. The fourth-order valence-corrected chi connectivity index (χ4v) is 0.800. The lowest BCUT2D eigenvalue weighted by Gasteiger charge is -2.31. The van der Waals surface area contributed by atoms with Gasteiger partial charge in [-0.25, -0.2) is 13.9 Å². The number of ether oxygens (including phenoxy) is 3. The maximum absolute atomic E-state index is 12.9. The van der Waals surface area contributed by atoms with Gasteiger partial charge in [-0.05, 0) is 0 Å². The zero-order valence-electron chi connectivity index (χ0n) is 8.92. The van der Waals surface area contributed by atoms with Gasteiger partial charge in [0.25, 0.3) is 0 Å². The monoisotopic (exact) mass is 382 g/mol. The molecule has 0 N–H and O–H groups in total. The molecule has 0 aliphatic carbocycles. The van der Waals surface area contributed by atoms with E-state index in [2.05, 4.69) is 32.7 Å². The molecule has 0 aromatic rings. The molecule has 0 radical (unpaired) electrons. The molecule has 0 rings (SSSR count). The van der Waals surface area contributed by atoms with Crippen molar-refractivity contribution in [3.05, 3.63) is 0 Å². The largest absolute Gasteiger partial charge is 0.527 e. The molecule has 0 heterocycles. The van der Waals surface area contributed by atoms with Crippen LogP contribution in [0.1, 0.15) is 0 Å². The first-order valence-corrected chi connectivity index (χ1v) is 5.07. The van der Waals surface area contributed by atoms with E-state index in [1.54, 1.807) is 0 Å². The lowest BCUT2D eigenvalue weighted by atomic mass is 10.5. The van der Waals surface area contributed by atoms with Crippen LogP contribution >= 0.6 is 23.2 Å². The second-order valence-electron chi connectivity index (χ2n) is 2.95. The van der Waals surface area contributed by atoms with E-state index in [9.17, 15) is 43.9 Å². The predicted molar refractivity (Wildman–Crippen MR) is 44.5 cm³/mol. The van der Waals surface area contributed by atoms with Crippen LogP contribution in [-0.4, -0.2) is 36.1 Å². The molecule has 0 saturated carbocycles. The maximum atomic E-state index is 12.9. The summed E-state index contributed by atoms with van der Waals surface area (Å²) in [5.41, 5.74) is -5.80. The van der Waals surface area contributed by atoms with Crippen molar-refractivity contribution in [3.8, 4) is 0 Å². The van der Waals surface area contributed by atoms with Crippen LogP contribution in [0.15, 0.2) is 0 Å². The summed E-state index contributed by atoms with van der Waals surface area (Å²) in [6.45, 7) is 0. The van der Waals surface area contributed by atoms with Gasteiger partial charge >= 0.3 is 24.9 Å². The van der Waals surface area contributed by atoms with Crippen LogP contribution in [0.3, 0.4) is 0 Å². The fourth-order valence-electron chi connectivity index (χ4n) is 0.645. The standard InChI is InChI=1S/C6H2Cl2F10O3/c7-1(9)2(8)19-6(17,18)21-4(13,3(10,11)12)20-5(14,15)16/h1-2H. The number of hydrogen-bond acceptors (Lipinski definition) is 3. The van der Waals surface area contributed by atoms with Gasteiger partial charge in [0.05, 0.1) is 0 Å². The van der Waals surface area contributed by atoms with E-state index >= 15 is 0 Å². The highest BCUT2D eigenvalue weighted by Crippen LogP contribution is 2.44. The van der Waals surface area contributed by atoms with Gasteiger partial charge in [0, 0.05) is 0 Å². The molecule has 0 aliphatic heterocycles. The van der Waals surface area contributed by atoms with Gasteiger partial charge in [0.2, 0.25) is 5.63 Å². The molecule has 15 heteroatoms. The Balaban J connectivity index is 5.22. The zero-order valence-corrected chi connectivity index (χ0v) is 10.4. The molecule has 21 heavy (non-hydrogen) atoms. The number of alkyl halides is 12. The normalized spacial score (nSPS) is 20.0. The molecule has 3 nitrogen and oxygen atoms in total. The molecule has 0 bridgehead atoms. The summed E-state index contributed by atoms with van der Waals surface area (Å²) in [5.74, 6) is 0. The highest BCUT2D eigenvalue weighted by atomic mass is 35.5. The maximum Gasteiger partial charge on any atom is 0.527 e. The lowest BCUT2D eigenvalue weighted by molar-refractivity contribution is -0.577. The van der Waals surface area contributed by atoms with E-state index in [0.717, 1.165) is 0 Å². The van der Waals surface area contributed by atoms with Crippen molar-refractivity contribution >= 4 is 23.2 Å². The van der Waals surface area contributed by atoms with Crippen molar-refractivity contribution in [2.45, 2.75) is 36.1 Å². The van der Waals surface area contributed by atoms with Gasteiger partial charge < -0.3 is 0 Å². The van der Waals surface area contributed by atoms with Crippen molar-refractivity contribution < 1.29 is 58.1 Å². The van der Waals surface area contributed by atoms with Crippen molar-refractivity contribution in [1.29, 1.82) is 0 Å². The average molecular weight is 383 g/mol. The van der Waals surface area contributed by atoms with E-state index < -0.39 is 36.1 Å². The SMILES string of the molecule is FC(Cl)C(Cl)OC(F)(F)OC(F)(OC(F)(F)F)C(F)(F)F. The topological polar surface area (TPSA) is 27.7 Å². The molecule has 0 fully saturated rings. The van der Waals surface area contributed by atoms with Crippen LogP contribution in [-0.2, 0) is 14.2 Å². The van der Waals surface area contributed by atoms with E-state index in [0.29, 0.717) is 0 Å². The first-order valence-electron chi connectivity index (χ1n) is 4.20. The second-order valence-corrected chi connectivity index (χ2v) is 3.80. The quantitative estimate of drug-likeness (QED) is 0.387. The molecule has 0 saturated heterocycles. The van der Waals surface area contributed by atoms with Gasteiger partial charge in [0.15, 0.2) is 5.56 Å². The average Bonchev–Trinajstić information content (AvgIpc) is 2.09. The van der Waals surface area contributed by atoms with Crippen LogP contribution < -0.4 is 0 Å². The number of hydrogen-bond donors (Lipinski definition) is 0. The molecular weight excluding hydrogens is 381 g/mol. The summed E-state index contributed by atoms with van der Waals surface area (Å²) >= 11 is 9.08. The second kappa shape index (κ2) is 6.48. The molecule has 0 amide bonds. The van der Waals surface area contributed by atoms with Crippen molar-refractivity contribution in [2.24, 2.45) is 0 Å². The molecule has 128 valence electrons. The Labute approximate surface area is 118 Å². The zero-order chi connectivity index (χ0) is 17.3. The Kier molecular flexibility index (Phi) is 6.41. The van der Waals surface area contributed by atoms with Gasteiger partial charge in [-0.15, -0.1) is 22.0 Å². The summed E-state index contributed by atoms with van der Waals surface area (Å²) < 4.78 is 128. The minimum Gasteiger partial charge on any atom is -0.272 e. The first kappa shape index (κ1) is 20.8. The molecule has 0 aliphatic rings. The minimum atomic E-state index is -6.72. The van der Waals surface area contributed by atoms with Crippen LogP contribution in [0.25, 0.3) is 0 Å². The van der Waals surface area contributed by atoms with Crippen molar-refractivity contribution in [3.63, 3.8) is 0 Å². The van der Waals surface area contributed by atoms with Crippen LogP contribution in [0.4, 0.5) is 43.9 Å². The van der Waals surface area contributed by atoms with E-state index in [-0.39, 0.29) is 0 Å². The third-order valence-electron chi connectivity index (χ3n) is 1.28. The number of halogens is 12. The van der Waals surface area contributed by atoms with Crippen molar-refractivity contribution in [1.82, 2.24) is 0 Å². The van der Waals surface area contributed by atoms with Crippen molar-refractivity contribution in [2.75, 3.05) is 0 Å². The molecule has 0 aromatic heterocycles. The van der Waals surface area contributed by atoms with Gasteiger partial charge in [-0.1, -0.05) is 23.2 Å². The van der Waals surface area contributed by atoms with Crippen LogP contribution in [0, 0.1) is 0 Å². The summed E-state index contributed by atoms with van der Waals surface area (Å²) in [4.78, 5) is 0. The Bertz CT molecular complexity index is 345. The summed E-state index contributed by atoms with van der Waals surface area (Å²) in [6.07, 6.45) is -18.8. The van der Waals surface area contributed by atoms with Gasteiger partial charge in [-0.2, -0.15) is 17.6 Å². The molecule has 3 unspecified atom stereocenters. The van der Waals surface area contributed by atoms with Gasteiger partial charge in [0.1, 0.15) is 0 Å². The predicted octanol–water partition coefficient (Wildman–Crippen LogP) is 4.39. The van der Waals surface area contributed by atoms with Crippen LogP contribution in [0.5, 0.6) is 0 Å². The fraction of sp³-hybridized carbons (Fsp3) is 1.00. The summed E-state index contributed by atoms with van der Waals surface area (Å²) in [7, 11) is 0. The minimum absolute atomic E-state index is 1.82. The van der Waals surface area contributed by atoms with Crippen LogP contribution in [0.2, 0.25) is 0 Å². The Morgan fingerprint density at radius 2 is 1.19 bits per heavy atom. The van der Waals surface area contributed by atoms with E-state index in [4.69, 9.17) is 0 Å². The molecule has 0 spiro atoms. The highest BCUT2D eigenvalue weighted by Gasteiger charge is 2.69. The van der Waals surface area contributed by atoms with E-state index in [1.807, 2.05) is 4.74 Å². The third-order valence-corrected chi connectivity index (χ3v) is 1.95. The third kappa shape index (κ3) is 7.04. The lowest BCUT2D eigenvalue weighted by Crippen LogP contribution is -2.53. The Morgan fingerprint density at radius 3 is 1.48 bits per heavy atom. The summed E-state index contributed by atoms with van der Waals surface area (Å²) in [6, 6.07) is -6.34. The first-order chi connectivity index (χ1) is 8.99. The number of rotatable bonds is 6. The Hall–Kier alpha value is -0.240. The van der Waals surface area contributed by atoms with Gasteiger partial charge in [-0.3, -0.25) is 4.74 Å². The smallest absolute Gasteiger partial charge is 0.272 e. The summed E-state index contributed by atoms with van der Waals surface area (Å²) in [5, 5.41) is 0. The molecule has 3 atom stereocenters. The molecular formula is C6H2Cl2F10O3. The highest BCUT2D eigenvalue weighted by molar-refractivity contribution is 6.28.